The average Bonchev–Trinajstić information content (AvgIpc) is 3.17. The normalized spacial score (nSPS) is 11.1. The quantitative estimate of drug-likeness (QED) is 0.376. The van der Waals surface area contributed by atoms with Gasteiger partial charge in [0.2, 0.25) is 0 Å². The summed E-state index contributed by atoms with van der Waals surface area (Å²) in [5.74, 6) is 0.852. The van der Waals surface area contributed by atoms with Gasteiger partial charge in [0.05, 0.1) is 20.8 Å². The number of benzene rings is 1. The Balaban J connectivity index is 1.59. The number of aromatic nitrogens is 2. The van der Waals surface area contributed by atoms with Gasteiger partial charge in [-0.25, -0.2) is 4.39 Å². The minimum Gasteiger partial charge on any atom is -0.456 e. The molecule has 0 radical (unpaired) electrons. The standard InChI is InChI=1S/C23H22FN3OS/c1-3-9-25-13-16-5-7-19(27-14-16)22-12-20-23(29-22)21(8-10-26-20)28-17-6-4-15(2)18(24)11-17/h4-8,10-12,14,25H,3,9,13H2,1-2H3. The van der Waals surface area contributed by atoms with Gasteiger partial charge in [0.1, 0.15) is 17.3 Å². The molecular formula is C23H22FN3OS. The highest BCUT2D eigenvalue weighted by Crippen LogP contribution is 2.38. The second-order valence-corrected chi connectivity index (χ2v) is 7.93. The highest BCUT2D eigenvalue weighted by molar-refractivity contribution is 7.22. The molecule has 1 N–H and O–H groups in total. The lowest BCUT2D eigenvalue weighted by molar-refractivity contribution is 0.481. The van der Waals surface area contributed by atoms with Gasteiger partial charge in [-0.1, -0.05) is 19.1 Å². The fourth-order valence-corrected chi connectivity index (χ4v) is 4.01. The molecule has 29 heavy (non-hydrogen) atoms. The van der Waals surface area contributed by atoms with Gasteiger partial charge in [-0.3, -0.25) is 9.97 Å². The predicted octanol–water partition coefficient (Wildman–Crippen LogP) is 6.10. The van der Waals surface area contributed by atoms with Crippen LogP contribution in [0, 0.1) is 12.7 Å². The Morgan fingerprint density at radius 2 is 2.00 bits per heavy atom. The molecule has 0 aliphatic carbocycles. The molecule has 0 saturated carbocycles. The zero-order chi connectivity index (χ0) is 20.2. The number of rotatable bonds is 7. The molecule has 148 valence electrons. The zero-order valence-corrected chi connectivity index (χ0v) is 17.2. The van der Waals surface area contributed by atoms with Gasteiger partial charge in [0, 0.05) is 31.1 Å². The molecule has 3 aromatic heterocycles. The zero-order valence-electron chi connectivity index (χ0n) is 16.4. The summed E-state index contributed by atoms with van der Waals surface area (Å²) in [6.45, 7) is 5.70. The minimum atomic E-state index is -0.280. The first kappa shape index (κ1) is 19.5. The third kappa shape index (κ3) is 4.44. The second-order valence-electron chi connectivity index (χ2n) is 6.88. The molecule has 0 aliphatic rings. The molecule has 0 atom stereocenters. The van der Waals surface area contributed by atoms with Crippen molar-refractivity contribution in [1.82, 2.24) is 15.3 Å². The van der Waals surface area contributed by atoms with E-state index in [0.717, 1.165) is 45.9 Å². The number of nitrogens with one attached hydrogen (secondary N) is 1. The van der Waals surface area contributed by atoms with E-state index in [1.165, 1.54) is 6.07 Å². The lowest BCUT2D eigenvalue weighted by Crippen LogP contribution is -2.13. The summed E-state index contributed by atoms with van der Waals surface area (Å²) in [7, 11) is 0. The SMILES string of the molecule is CCCNCc1ccc(-c2cc3nccc(Oc4ccc(C)c(F)c4)c3s2)nc1. The van der Waals surface area contributed by atoms with E-state index in [1.54, 1.807) is 42.7 Å². The lowest BCUT2D eigenvalue weighted by Gasteiger charge is -2.07. The van der Waals surface area contributed by atoms with Crippen LogP contribution in [0.3, 0.4) is 0 Å². The fraction of sp³-hybridized carbons (Fsp3) is 0.217. The molecule has 0 unspecified atom stereocenters. The van der Waals surface area contributed by atoms with E-state index in [1.807, 2.05) is 18.3 Å². The van der Waals surface area contributed by atoms with E-state index in [2.05, 4.69) is 28.3 Å². The number of fused-ring (bicyclic) bond motifs is 1. The summed E-state index contributed by atoms with van der Waals surface area (Å²) in [4.78, 5) is 10.1. The summed E-state index contributed by atoms with van der Waals surface area (Å²) in [5, 5.41) is 3.38. The van der Waals surface area contributed by atoms with Crippen molar-refractivity contribution in [1.29, 1.82) is 0 Å². The van der Waals surface area contributed by atoms with Gasteiger partial charge in [-0.05, 0) is 49.2 Å². The average molecular weight is 408 g/mol. The van der Waals surface area contributed by atoms with Crippen LogP contribution in [0.1, 0.15) is 24.5 Å². The summed E-state index contributed by atoms with van der Waals surface area (Å²) in [6.07, 6.45) is 4.72. The van der Waals surface area contributed by atoms with Crippen molar-refractivity contribution in [3.63, 3.8) is 0 Å². The van der Waals surface area contributed by atoms with Crippen molar-refractivity contribution in [2.75, 3.05) is 6.54 Å². The van der Waals surface area contributed by atoms with Crippen molar-refractivity contribution in [2.24, 2.45) is 0 Å². The predicted molar refractivity (Wildman–Crippen MR) is 116 cm³/mol. The maximum atomic E-state index is 13.8. The summed E-state index contributed by atoms with van der Waals surface area (Å²) < 4.78 is 20.7. The Labute approximate surface area is 173 Å². The van der Waals surface area contributed by atoms with Crippen molar-refractivity contribution < 1.29 is 9.13 Å². The minimum absolute atomic E-state index is 0.280. The second kappa shape index (κ2) is 8.68. The molecule has 0 spiro atoms. The highest BCUT2D eigenvalue weighted by atomic mass is 32.1. The lowest BCUT2D eigenvalue weighted by atomic mass is 10.2. The van der Waals surface area contributed by atoms with Crippen molar-refractivity contribution in [2.45, 2.75) is 26.8 Å². The number of thiophene rings is 1. The number of ether oxygens (including phenoxy) is 1. The van der Waals surface area contributed by atoms with E-state index < -0.39 is 0 Å². The van der Waals surface area contributed by atoms with Crippen LogP contribution in [0.4, 0.5) is 4.39 Å². The van der Waals surface area contributed by atoms with Gasteiger partial charge < -0.3 is 10.1 Å². The molecule has 4 aromatic rings. The first-order valence-electron chi connectivity index (χ1n) is 9.62. The van der Waals surface area contributed by atoms with E-state index >= 15 is 0 Å². The Kier molecular flexibility index (Phi) is 5.83. The third-order valence-electron chi connectivity index (χ3n) is 4.58. The largest absolute Gasteiger partial charge is 0.456 e. The van der Waals surface area contributed by atoms with Crippen molar-refractivity contribution >= 4 is 21.6 Å². The molecule has 0 bridgehead atoms. The Bertz CT molecular complexity index is 1120. The van der Waals surface area contributed by atoms with Crippen molar-refractivity contribution in [3.8, 4) is 22.1 Å². The van der Waals surface area contributed by atoms with Crippen LogP contribution in [0.15, 0.2) is 54.9 Å². The topological polar surface area (TPSA) is 47.0 Å². The van der Waals surface area contributed by atoms with E-state index in [9.17, 15) is 4.39 Å². The molecule has 0 saturated heterocycles. The molecule has 0 amide bonds. The van der Waals surface area contributed by atoms with Crippen LogP contribution in [0.5, 0.6) is 11.5 Å². The van der Waals surface area contributed by atoms with Crippen LogP contribution >= 0.6 is 11.3 Å². The van der Waals surface area contributed by atoms with Gasteiger partial charge >= 0.3 is 0 Å². The first-order chi connectivity index (χ1) is 14.1. The molecule has 0 fully saturated rings. The van der Waals surface area contributed by atoms with Gasteiger partial charge in [0.25, 0.3) is 0 Å². The van der Waals surface area contributed by atoms with Crippen LogP contribution in [-0.4, -0.2) is 16.5 Å². The van der Waals surface area contributed by atoms with E-state index in [0.29, 0.717) is 17.1 Å². The number of hydrogen-bond acceptors (Lipinski definition) is 5. The third-order valence-corrected chi connectivity index (χ3v) is 5.74. The molecule has 1 aromatic carbocycles. The Morgan fingerprint density at radius 3 is 2.76 bits per heavy atom. The van der Waals surface area contributed by atoms with E-state index in [-0.39, 0.29) is 5.82 Å². The summed E-state index contributed by atoms with van der Waals surface area (Å²) in [5.41, 5.74) is 3.49. The molecule has 3 heterocycles. The monoisotopic (exact) mass is 407 g/mol. The molecule has 0 aliphatic heterocycles. The van der Waals surface area contributed by atoms with Crippen molar-refractivity contribution in [3.05, 3.63) is 71.8 Å². The first-order valence-corrected chi connectivity index (χ1v) is 10.4. The maximum absolute atomic E-state index is 13.8. The van der Waals surface area contributed by atoms with Crippen LogP contribution < -0.4 is 10.1 Å². The van der Waals surface area contributed by atoms with Gasteiger partial charge in [0.15, 0.2) is 0 Å². The molecule has 4 nitrogen and oxygen atoms in total. The smallest absolute Gasteiger partial charge is 0.148 e. The van der Waals surface area contributed by atoms with Crippen LogP contribution in [0.2, 0.25) is 0 Å². The van der Waals surface area contributed by atoms with Crippen LogP contribution in [0.25, 0.3) is 20.8 Å². The van der Waals surface area contributed by atoms with Gasteiger partial charge in [-0.15, -0.1) is 11.3 Å². The number of hydrogen-bond donors (Lipinski definition) is 1. The molecular weight excluding hydrogens is 385 g/mol. The molecule has 6 heteroatoms. The number of pyridine rings is 2. The number of nitrogens with zero attached hydrogens (tertiary/aromatic N) is 2. The van der Waals surface area contributed by atoms with Crippen LogP contribution in [-0.2, 0) is 6.54 Å². The fourth-order valence-electron chi connectivity index (χ4n) is 2.97. The summed E-state index contributed by atoms with van der Waals surface area (Å²) in [6, 6.07) is 12.8. The number of aryl methyl sites for hydroxylation is 1. The highest BCUT2D eigenvalue weighted by Gasteiger charge is 2.12. The number of halogens is 1. The Morgan fingerprint density at radius 1 is 1.10 bits per heavy atom. The Hall–Kier alpha value is -2.83. The van der Waals surface area contributed by atoms with E-state index in [4.69, 9.17) is 4.74 Å². The maximum Gasteiger partial charge on any atom is 0.148 e. The van der Waals surface area contributed by atoms with Gasteiger partial charge in [-0.2, -0.15) is 0 Å². The molecule has 4 rings (SSSR count). The summed E-state index contributed by atoms with van der Waals surface area (Å²) >= 11 is 1.57.